The van der Waals surface area contributed by atoms with E-state index < -0.39 is 6.10 Å². The number of ether oxygens (including phenoxy) is 3. The van der Waals surface area contributed by atoms with Crippen molar-refractivity contribution in [1.82, 2.24) is 0 Å². The number of unbranched alkanes of at least 4 members (excludes halogenated alkanes) is 33. The Bertz CT molecular complexity index is 1530. The molecule has 6 nitrogen and oxygen atoms in total. The van der Waals surface area contributed by atoms with E-state index in [0.717, 1.165) is 128 Å². The summed E-state index contributed by atoms with van der Waals surface area (Å²) in [6, 6.07) is 0. The van der Waals surface area contributed by atoms with Crippen molar-refractivity contribution in [3.05, 3.63) is 97.2 Å². The highest BCUT2D eigenvalue weighted by molar-refractivity contribution is 5.71. The lowest BCUT2D eigenvalue weighted by Gasteiger charge is -2.18. The number of hydrogen-bond donors (Lipinski definition) is 0. The second kappa shape index (κ2) is 65.8. The van der Waals surface area contributed by atoms with E-state index in [1.165, 1.54) is 154 Å². The molecule has 0 saturated heterocycles. The van der Waals surface area contributed by atoms with Gasteiger partial charge in [0.05, 0.1) is 0 Å². The van der Waals surface area contributed by atoms with Crippen molar-refractivity contribution in [2.75, 3.05) is 13.2 Å². The van der Waals surface area contributed by atoms with E-state index in [4.69, 9.17) is 14.2 Å². The number of carbonyl (C=O) groups excluding carboxylic acids is 3. The average molecular weight is 1090 g/mol. The Labute approximate surface area is 483 Å². The minimum Gasteiger partial charge on any atom is -0.462 e. The number of esters is 3. The number of rotatable bonds is 60. The van der Waals surface area contributed by atoms with Gasteiger partial charge in [0.15, 0.2) is 6.10 Å². The molecule has 0 aliphatic carbocycles. The van der Waals surface area contributed by atoms with Crippen LogP contribution in [0.1, 0.15) is 323 Å². The Morgan fingerprint density at radius 1 is 0.269 bits per heavy atom. The predicted molar refractivity (Wildman–Crippen MR) is 339 cm³/mol. The van der Waals surface area contributed by atoms with Crippen LogP contribution in [0.4, 0.5) is 0 Å². The van der Waals surface area contributed by atoms with Crippen LogP contribution in [-0.4, -0.2) is 37.2 Å². The van der Waals surface area contributed by atoms with E-state index in [9.17, 15) is 14.4 Å². The maximum Gasteiger partial charge on any atom is 0.306 e. The molecule has 1 unspecified atom stereocenters. The van der Waals surface area contributed by atoms with E-state index in [1.54, 1.807) is 0 Å². The first-order chi connectivity index (χ1) is 38.5. The molecule has 0 aliphatic rings. The Morgan fingerprint density at radius 3 is 0.821 bits per heavy atom. The SMILES string of the molecule is CC/C=C\C/C=C\C/C=C\C/C=C\CCCCCCCCC(=O)OC(COC(=O)CCCCCCC/C=C\C/C=C\CCCC)COC(=O)CCCCCCCCCCCCCCCCC/C=C\C/C=C\CCCCCCC. The average Bonchev–Trinajstić information content (AvgIpc) is 3.44. The molecule has 0 bridgehead atoms. The van der Waals surface area contributed by atoms with E-state index >= 15 is 0 Å². The van der Waals surface area contributed by atoms with E-state index in [2.05, 4.69) is 118 Å². The minimum absolute atomic E-state index is 0.0869. The van der Waals surface area contributed by atoms with Crippen molar-refractivity contribution in [3.63, 3.8) is 0 Å². The third-order valence-electron chi connectivity index (χ3n) is 14.3. The van der Waals surface area contributed by atoms with Gasteiger partial charge in [-0.15, -0.1) is 0 Å². The van der Waals surface area contributed by atoms with Crippen LogP contribution in [0.15, 0.2) is 97.2 Å². The van der Waals surface area contributed by atoms with E-state index in [0.29, 0.717) is 19.3 Å². The van der Waals surface area contributed by atoms with Gasteiger partial charge in [-0.25, -0.2) is 0 Å². The summed E-state index contributed by atoms with van der Waals surface area (Å²) in [5, 5.41) is 0. The number of hydrogen-bond acceptors (Lipinski definition) is 6. The molecule has 448 valence electrons. The summed E-state index contributed by atoms with van der Waals surface area (Å²) < 4.78 is 16.9. The molecule has 0 aromatic carbocycles. The van der Waals surface area contributed by atoms with Crippen LogP contribution in [0.3, 0.4) is 0 Å². The summed E-state index contributed by atoms with van der Waals surface area (Å²) in [5.41, 5.74) is 0. The normalized spacial score (nSPS) is 12.7. The first kappa shape index (κ1) is 74.3. The van der Waals surface area contributed by atoms with Crippen LogP contribution < -0.4 is 0 Å². The maximum absolute atomic E-state index is 12.9. The van der Waals surface area contributed by atoms with Gasteiger partial charge in [0.2, 0.25) is 0 Å². The Morgan fingerprint density at radius 2 is 0.513 bits per heavy atom. The largest absolute Gasteiger partial charge is 0.462 e. The molecule has 0 aromatic rings. The quantitative estimate of drug-likeness (QED) is 0.0261. The molecular weight excluding hydrogens is 961 g/mol. The van der Waals surface area contributed by atoms with Gasteiger partial charge in [-0.05, 0) is 116 Å². The fourth-order valence-electron chi connectivity index (χ4n) is 9.31. The van der Waals surface area contributed by atoms with Crippen LogP contribution in [0.25, 0.3) is 0 Å². The highest BCUT2D eigenvalue weighted by Gasteiger charge is 2.19. The molecule has 0 aliphatic heterocycles. The van der Waals surface area contributed by atoms with Gasteiger partial charge in [0, 0.05) is 19.3 Å². The smallest absolute Gasteiger partial charge is 0.306 e. The van der Waals surface area contributed by atoms with Gasteiger partial charge >= 0.3 is 17.9 Å². The molecule has 0 N–H and O–H groups in total. The second-order valence-electron chi connectivity index (χ2n) is 22.0. The van der Waals surface area contributed by atoms with Gasteiger partial charge in [-0.3, -0.25) is 14.4 Å². The molecule has 0 radical (unpaired) electrons. The van der Waals surface area contributed by atoms with Gasteiger partial charge in [-0.1, -0.05) is 285 Å². The van der Waals surface area contributed by atoms with Gasteiger partial charge in [-0.2, -0.15) is 0 Å². The standard InChI is InChI=1S/C72H124O6/c1-4-7-10-13-16-19-22-25-28-30-32-33-34-35-36-37-38-39-41-42-44-47-50-53-56-59-62-65-71(74)77-68-69(67-76-70(73)64-61-58-55-52-49-46-27-24-21-18-15-12-9-6-3)78-72(75)66-63-60-57-54-51-48-45-43-40-31-29-26-23-20-17-14-11-8-5-2/h8,11,15,17-18,20,22,24-27,29-30,32,40,43,69H,4-7,9-10,12-14,16,19,21,23,28,31,33-39,41-42,44-68H2,1-3H3/b11-8-,18-15-,20-17-,25-22-,27-24-,29-26-,32-30-,43-40-. The summed E-state index contributed by atoms with van der Waals surface area (Å²) in [6.07, 6.45) is 88.5. The van der Waals surface area contributed by atoms with Crippen LogP contribution in [0.5, 0.6) is 0 Å². The first-order valence-corrected chi connectivity index (χ1v) is 33.2. The molecule has 0 aromatic heterocycles. The minimum atomic E-state index is -0.793. The van der Waals surface area contributed by atoms with Crippen molar-refractivity contribution >= 4 is 17.9 Å². The lowest BCUT2D eigenvalue weighted by molar-refractivity contribution is -0.167. The third kappa shape index (κ3) is 63.2. The molecule has 0 fully saturated rings. The summed E-state index contributed by atoms with van der Waals surface area (Å²) in [4.78, 5) is 38.3. The van der Waals surface area contributed by atoms with Crippen LogP contribution >= 0.6 is 0 Å². The molecule has 1 atom stereocenters. The Hall–Kier alpha value is -3.67. The van der Waals surface area contributed by atoms with E-state index in [1.807, 2.05) is 0 Å². The van der Waals surface area contributed by atoms with Gasteiger partial charge < -0.3 is 14.2 Å². The van der Waals surface area contributed by atoms with Gasteiger partial charge in [0.1, 0.15) is 13.2 Å². The molecule has 78 heavy (non-hydrogen) atoms. The second-order valence-corrected chi connectivity index (χ2v) is 22.0. The zero-order chi connectivity index (χ0) is 56.4. The summed E-state index contributed by atoms with van der Waals surface area (Å²) in [5.74, 6) is -0.905. The molecule has 0 heterocycles. The highest BCUT2D eigenvalue weighted by atomic mass is 16.6. The Balaban J connectivity index is 4.31. The number of carbonyl (C=O) groups is 3. The van der Waals surface area contributed by atoms with Crippen LogP contribution in [0, 0.1) is 0 Å². The Kier molecular flexibility index (Phi) is 62.7. The topological polar surface area (TPSA) is 78.9 Å². The lowest BCUT2D eigenvalue weighted by atomic mass is 10.0. The molecule has 0 spiro atoms. The molecule has 6 heteroatoms. The first-order valence-electron chi connectivity index (χ1n) is 33.2. The van der Waals surface area contributed by atoms with E-state index in [-0.39, 0.29) is 31.1 Å². The van der Waals surface area contributed by atoms with Crippen molar-refractivity contribution in [2.24, 2.45) is 0 Å². The maximum atomic E-state index is 12.9. The summed E-state index contributed by atoms with van der Waals surface area (Å²) in [7, 11) is 0. The van der Waals surface area contributed by atoms with Gasteiger partial charge in [0.25, 0.3) is 0 Å². The predicted octanol–water partition coefficient (Wildman–Crippen LogP) is 22.8. The fourth-order valence-corrected chi connectivity index (χ4v) is 9.31. The summed E-state index contributed by atoms with van der Waals surface area (Å²) >= 11 is 0. The lowest BCUT2D eigenvalue weighted by Crippen LogP contribution is -2.30. The third-order valence-corrected chi connectivity index (χ3v) is 14.3. The monoisotopic (exact) mass is 1080 g/mol. The zero-order valence-electron chi connectivity index (χ0n) is 51.4. The molecule has 0 saturated carbocycles. The van der Waals surface area contributed by atoms with Crippen molar-refractivity contribution in [2.45, 2.75) is 329 Å². The highest BCUT2D eigenvalue weighted by Crippen LogP contribution is 2.16. The fraction of sp³-hybridized carbons (Fsp3) is 0.736. The van der Waals surface area contributed by atoms with Crippen molar-refractivity contribution < 1.29 is 28.6 Å². The summed E-state index contributed by atoms with van der Waals surface area (Å²) in [6.45, 7) is 6.48. The van der Waals surface area contributed by atoms with Crippen molar-refractivity contribution in [1.29, 1.82) is 0 Å². The van der Waals surface area contributed by atoms with Crippen molar-refractivity contribution in [3.8, 4) is 0 Å². The number of allylic oxidation sites excluding steroid dienone is 16. The zero-order valence-corrected chi connectivity index (χ0v) is 51.4. The molecular formula is C72H124O6. The molecule has 0 rings (SSSR count). The molecule has 0 amide bonds. The van der Waals surface area contributed by atoms with Crippen LogP contribution in [0.2, 0.25) is 0 Å². The van der Waals surface area contributed by atoms with Crippen LogP contribution in [-0.2, 0) is 28.6 Å².